The summed E-state index contributed by atoms with van der Waals surface area (Å²) < 4.78 is 43.2. The summed E-state index contributed by atoms with van der Waals surface area (Å²) in [4.78, 5) is 48.2. The number of aryl methyl sites for hydroxylation is 1. The van der Waals surface area contributed by atoms with E-state index >= 15 is 0 Å². The van der Waals surface area contributed by atoms with Crippen molar-refractivity contribution in [1.29, 1.82) is 0 Å². The Labute approximate surface area is 193 Å². The van der Waals surface area contributed by atoms with Gasteiger partial charge in [0.25, 0.3) is 5.56 Å². The molecule has 10 nitrogen and oxygen atoms in total. The molecule has 2 rings (SSSR count). The first kappa shape index (κ1) is 27.3. The van der Waals surface area contributed by atoms with Crippen LogP contribution in [0.4, 0.5) is 13.2 Å². The first-order chi connectivity index (χ1) is 16.0. The minimum Gasteiger partial charge on any atom is -0.394 e. The molecule has 13 heteroatoms. The molecule has 2 heterocycles. The van der Waals surface area contributed by atoms with Gasteiger partial charge in [-0.15, -0.1) is 0 Å². The molecule has 0 saturated carbocycles. The number of aliphatic hydroxyl groups is 1. The second-order valence-electron chi connectivity index (χ2n) is 7.99. The fraction of sp³-hybridized carbons (Fsp3) is 0.619. The number of carbonyl (C=O) groups excluding carboxylic acids is 2. The molecule has 4 N–H and O–H groups in total. The van der Waals surface area contributed by atoms with E-state index in [1.54, 1.807) is 12.2 Å². The van der Waals surface area contributed by atoms with Gasteiger partial charge in [-0.25, -0.2) is 4.79 Å². The SMILES string of the molecule is Cc1cn([C@H]2C[C@H](C/C=C\CCCC(=O)NCCNC(=O)C(F)(F)F)[C@@H](CO)O2)c(=O)[nH]c1=O. The van der Waals surface area contributed by atoms with Crippen LogP contribution in [0.2, 0.25) is 0 Å². The third-order valence-electron chi connectivity index (χ3n) is 5.37. The molecule has 190 valence electrons. The quantitative estimate of drug-likeness (QED) is 0.265. The van der Waals surface area contributed by atoms with Gasteiger partial charge in [0.15, 0.2) is 0 Å². The minimum absolute atomic E-state index is 0.0411. The van der Waals surface area contributed by atoms with E-state index < -0.39 is 35.7 Å². The summed E-state index contributed by atoms with van der Waals surface area (Å²) in [6.07, 6.45) is 1.60. The molecule has 1 aliphatic rings. The number of unbranched alkanes of at least 4 members (excludes halogenated alkanes) is 1. The van der Waals surface area contributed by atoms with Crippen LogP contribution in [0.5, 0.6) is 0 Å². The third-order valence-corrected chi connectivity index (χ3v) is 5.37. The van der Waals surface area contributed by atoms with Gasteiger partial charge in [0.05, 0.1) is 12.7 Å². The van der Waals surface area contributed by atoms with Crippen molar-refractivity contribution in [2.45, 2.75) is 57.5 Å². The Morgan fingerprint density at radius 1 is 1.26 bits per heavy atom. The van der Waals surface area contributed by atoms with Crippen molar-refractivity contribution in [2.75, 3.05) is 19.7 Å². The number of aliphatic hydroxyl groups excluding tert-OH is 1. The van der Waals surface area contributed by atoms with Gasteiger partial charge in [0.2, 0.25) is 5.91 Å². The molecule has 0 unspecified atom stereocenters. The fourth-order valence-corrected chi connectivity index (χ4v) is 3.53. The van der Waals surface area contributed by atoms with E-state index in [1.165, 1.54) is 10.8 Å². The number of H-pyrrole nitrogens is 1. The highest BCUT2D eigenvalue weighted by atomic mass is 19.4. The van der Waals surface area contributed by atoms with Crippen LogP contribution in [0, 0.1) is 12.8 Å². The molecule has 1 saturated heterocycles. The predicted molar refractivity (Wildman–Crippen MR) is 115 cm³/mol. The van der Waals surface area contributed by atoms with Gasteiger partial charge < -0.3 is 20.5 Å². The maximum atomic E-state index is 12.1. The number of halogens is 3. The number of carbonyl (C=O) groups is 2. The molecule has 3 atom stereocenters. The molecule has 1 aromatic heterocycles. The first-order valence-electron chi connectivity index (χ1n) is 10.9. The van der Waals surface area contributed by atoms with E-state index in [9.17, 15) is 37.5 Å². The van der Waals surface area contributed by atoms with Crippen molar-refractivity contribution in [2.24, 2.45) is 5.92 Å². The highest BCUT2D eigenvalue weighted by Crippen LogP contribution is 2.34. The highest BCUT2D eigenvalue weighted by Gasteiger charge is 2.38. The zero-order valence-corrected chi connectivity index (χ0v) is 18.7. The van der Waals surface area contributed by atoms with Crippen molar-refractivity contribution in [3.8, 4) is 0 Å². The second-order valence-corrected chi connectivity index (χ2v) is 7.99. The summed E-state index contributed by atoms with van der Waals surface area (Å²) in [5.41, 5.74) is -0.656. The maximum absolute atomic E-state index is 12.1. The van der Waals surface area contributed by atoms with Crippen LogP contribution < -0.4 is 21.9 Å². The van der Waals surface area contributed by atoms with E-state index in [1.807, 2.05) is 12.2 Å². The third kappa shape index (κ3) is 8.13. The number of amides is 2. The number of hydrogen-bond donors (Lipinski definition) is 4. The molecule has 34 heavy (non-hydrogen) atoms. The average Bonchev–Trinajstić information content (AvgIpc) is 3.18. The first-order valence-corrected chi connectivity index (χ1v) is 10.9. The molecule has 0 radical (unpaired) electrons. The Morgan fingerprint density at radius 2 is 1.97 bits per heavy atom. The maximum Gasteiger partial charge on any atom is 0.471 e. The Bertz CT molecular complexity index is 988. The number of ether oxygens (including phenoxy) is 1. The number of nitrogens with one attached hydrogen (secondary N) is 3. The molecular weight excluding hydrogens is 461 g/mol. The lowest BCUT2D eigenvalue weighted by molar-refractivity contribution is -0.173. The molecule has 0 bridgehead atoms. The van der Waals surface area contributed by atoms with E-state index in [-0.39, 0.29) is 37.9 Å². The molecular formula is C21H29F3N4O6. The second kappa shape index (κ2) is 12.5. The lowest BCUT2D eigenvalue weighted by Gasteiger charge is -2.15. The van der Waals surface area contributed by atoms with Gasteiger partial charge >= 0.3 is 17.8 Å². The number of nitrogens with zero attached hydrogens (tertiary/aromatic N) is 1. The lowest BCUT2D eigenvalue weighted by Crippen LogP contribution is -2.41. The molecule has 0 aromatic carbocycles. The van der Waals surface area contributed by atoms with Crippen LogP contribution in [-0.4, -0.2) is 58.4 Å². The molecule has 0 aliphatic carbocycles. The summed E-state index contributed by atoms with van der Waals surface area (Å²) >= 11 is 0. The zero-order chi connectivity index (χ0) is 25.3. The van der Waals surface area contributed by atoms with E-state index in [0.29, 0.717) is 31.2 Å². The predicted octanol–water partition coefficient (Wildman–Crippen LogP) is 0.652. The van der Waals surface area contributed by atoms with Crippen LogP contribution in [0.15, 0.2) is 27.9 Å². The van der Waals surface area contributed by atoms with E-state index in [2.05, 4.69) is 10.3 Å². The van der Waals surface area contributed by atoms with Crippen molar-refractivity contribution in [3.63, 3.8) is 0 Å². The van der Waals surface area contributed by atoms with Gasteiger partial charge in [0, 0.05) is 31.3 Å². The smallest absolute Gasteiger partial charge is 0.394 e. The van der Waals surface area contributed by atoms with Gasteiger partial charge in [0.1, 0.15) is 6.23 Å². The number of allylic oxidation sites excluding steroid dienone is 2. The van der Waals surface area contributed by atoms with Gasteiger partial charge in [-0.3, -0.25) is 23.9 Å². The Morgan fingerprint density at radius 3 is 2.65 bits per heavy atom. The van der Waals surface area contributed by atoms with Crippen molar-refractivity contribution in [3.05, 3.63) is 44.8 Å². The summed E-state index contributed by atoms with van der Waals surface area (Å²) in [7, 11) is 0. The topological polar surface area (TPSA) is 143 Å². The Hall–Kier alpha value is -2.93. The van der Waals surface area contributed by atoms with E-state index in [4.69, 9.17) is 4.74 Å². The monoisotopic (exact) mass is 490 g/mol. The van der Waals surface area contributed by atoms with Gasteiger partial charge in [-0.2, -0.15) is 13.2 Å². The number of alkyl halides is 3. The molecule has 1 fully saturated rings. The van der Waals surface area contributed by atoms with Gasteiger partial charge in [-0.05, 0) is 38.5 Å². The summed E-state index contributed by atoms with van der Waals surface area (Å²) in [5, 5.41) is 13.7. The highest BCUT2D eigenvalue weighted by molar-refractivity contribution is 5.81. The number of rotatable bonds is 11. The lowest BCUT2D eigenvalue weighted by atomic mass is 9.96. The van der Waals surface area contributed by atoms with Crippen LogP contribution in [-0.2, 0) is 14.3 Å². The average molecular weight is 490 g/mol. The van der Waals surface area contributed by atoms with Crippen LogP contribution in [0.3, 0.4) is 0 Å². The number of aromatic nitrogens is 2. The number of aromatic amines is 1. The van der Waals surface area contributed by atoms with Crippen molar-refractivity contribution >= 4 is 11.8 Å². The largest absolute Gasteiger partial charge is 0.471 e. The Balaban J connectivity index is 1.69. The van der Waals surface area contributed by atoms with Crippen molar-refractivity contribution in [1.82, 2.24) is 20.2 Å². The summed E-state index contributed by atoms with van der Waals surface area (Å²) in [6.45, 7) is 0.959. The molecule has 0 spiro atoms. The molecule has 1 aliphatic heterocycles. The van der Waals surface area contributed by atoms with Gasteiger partial charge in [-0.1, -0.05) is 12.2 Å². The Kier molecular flexibility index (Phi) is 10.1. The summed E-state index contributed by atoms with van der Waals surface area (Å²) in [6, 6.07) is 0. The molecule has 2 amide bonds. The summed E-state index contributed by atoms with van der Waals surface area (Å²) in [5.74, 6) is -2.42. The van der Waals surface area contributed by atoms with Crippen LogP contribution in [0.25, 0.3) is 0 Å². The zero-order valence-electron chi connectivity index (χ0n) is 18.7. The molecule has 1 aromatic rings. The van der Waals surface area contributed by atoms with Crippen LogP contribution in [0.1, 0.15) is 43.9 Å². The fourth-order valence-electron chi connectivity index (χ4n) is 3.53. The van der Waals surface area contributed by atoms with Crippen LogP contribution >= 0.6 is 0 Å². The minimum atomic E-state index is -4.95. The normalized spacial score (nSPS) is 20.6. The standard InChI is InChI=1S/C21H29F3N4O6/c1-13-11-28(20(33)27-18(13)31)17-10-14(15(12-29)34-17)6-4-2-3-5-7-16(30)25-8-9-26-19(32)21(22,23)24/h2,4,11,14-15,17,29H,3,5-10,12H2,1H3,(H,25,30)(H,26,32)(H,27,31,33)/b4-2-/t14-,15+,17+/m0/s1. The van der Waals surface area contributed by atoms with Crippen molar-refractivity contribution < 1.29 is 32.6 Å². The van der Waals surface area contributed by atoms with E-state index in [0.717, 1.165) is 0 Å². The number of hydrogen-bond acceptors (Lipinski definition) is 6.